The van der Waals surface area contributed by atoms with E-state index in [1.807, 2.05) is 0 Å². The molecule has 1 saturated heterocycles. The molecule has 3 rings (SSSR count). The van der Waals surface area contributed by atoms with Crippen LogP contribution < -0.4 is 10.6 Å². The van der Waals surface area contributed by atoms with Crippen molar-refractivity contribution in [3.8, 4) is 5.82 Å². The minimum atomic E-state index is -4.45. The van der Waals surface area contributed by atoms with Gasteiger partial charge in [-0.05, 0) is 12.1 Å². The number of hydrogen-bond donors (Lipinski definition) is 2. The summed E-state index contributed by atoms with van der Waals surface area (Å²) in [5.74, 6) is 0.174. The van der Waals surface area contributed by atoms with Gasteiger partial charge in [-0.3, -0.25) is 4.79 Å². The molecule has 1 aliphatic heterocycles. The molecule has 1 amide bonds. The molecule has 2 aromatic rings. The van der Waals surface area contributed by atoms with Crippen LogP contribution in [0.25, 0.3) is 5.82 Å². The number of carbonyl (C=O) groups excluding carboxylic acids is 1. The van der Waals surface area contributed by atoms with Crippen molar-refractivity contribution < 1.29 is 18.0 Å². The summed E-state index contributed by atoms with van der Waals surface area (Å²) in [6.07, 6.45) is -2.42. The molecule has 0 spiro atoms. The Morgan fingerprint density at radius 1 is 1.39 bits per heavy atom. The molecule has 0 atom stereocenters. The fraction of sp³-hybridized carbons (Fsp3) is 0.385. The number of nitrogens with one attached hydrogen (secondary N) is 2. The van der Waals surface area contributed by atoms with Crippen molar-refractivity contribution in [2.45, 2.75) is 6.18 Å². The van der Waals surface area contributed by atoms with Crippen LogP contribution in [-0.2, 0) is 6.18 Å². The highest BCUT2D eigenvalue weighted by atomic mass is 19.4. The van der Waals surface area contributed by atoms with Gasteiger partial charge in [0.25, 0.3) is 5.91 Å². The van der Waals surface area contributed by atoms with E-state index in [-0.39, 0.29) is 17.4 Å². The Balaban J connectivity index is 1.67. The van der Waals surface area contributed by atoms with Crippen LogP contribution in [0.4, 0.5) is 13.2 Å². The van der Waals surface area contributed by atoms with Gasteiger partial charge in [0.2, 0.25) is 0 Å². The maximum Gasteiger partial charge on any atom is 0.417 e. The Hall–Kier alpha value is -2.49. The Morgan fingerprint density at radius 3 is 2.74 bits per heavy atom. The standard InChI is InChI=1S/C13H13F3N6O/c14-13(15,16)9-1-2-11(18-6-9)22-7-10(20-21-22)12(23)19-5-8-3-17-4-8/h1-2,6-8,17H,3-5H2,(H,19,23). The van der Waals surface area contributed by atoms with E-state index in [9.17, 15) is 18.0 Å². The summed E-state index contributed by atoms with van der Waals surface area (Å²) in [5, 5.41) is 13.2. The predicted octanol–water partition coefficient (Wildman–Crippen LogP) is 0.630. The topological polar surface area (TPSA) is 84.7 Å². The van der Waals surface area contributed by atoms with Gasteiger partial charge >= 0.3 is 6.18 Å². The molecule has 1 aliphatic rings. The first-order valence-electron chi connectivity index (χ1n) is 6.88. The molecule has 0 aromatic carbocycles. The number of hydrogen-bond acceptors (Lipinski definition) is 5. The van der Waals surface area contributed by atoms with E-state index in [0.29, 0.717) is 18.7 Å². The fourth-order valence-corrected chi connectivity index (χ4v) is 1.99. The third kappa shape index (κ3) is 3.47. The summed E-state index contributed by atoms with van der Waals surface area (Å²) in [6.45, 7) is 2.27. The minimum Gasteiger partial charge on any atom is -0.350 e. The van der Waals surface area contributed by atoms with Crippen molar-refractivity contribution in [1.82, 2.24) is 30.6 Å². The maximum atomic E-state index is 12.5. The van der Waals surface area contributed by atoms with Gasteiger partial charge in [0.1, 0.15) is 0 Å². The van der Waals surface area contributed by atoms with Gasteiger partial charge < -0.3 is 10.6 Å². The van der Waals surface area contributed by atoms with E-state index < -0.39 is 11.7 Å². The van der Waals surface area contributed by atoms with Gasteiger partial charge in [-0.25, -0.2) is 9.67 Å². The monoisotopic (exact) mass is 326 g/mol. The van der Waals surface area contributed by atoms with Gasteiger partial charge in [-0.2, -0.15) is 13.2 Å². The zero-order valence-corrected chi connectivity index (χ0v) is 11.8. The molecule has 1 fully saturated rings. The van der Waals surface area contributed by atoms with Crippen LogP contribution in [0.3, 0.4) is 0 Å². The van der Waals surface area contributed by atoms with Gasteiger partial charge in [0, 0.05) is 31.7 Å². The SMILES string of the molecule is O=C(NCC1CNC1)c1cn(-c2ccc(C(F)(F)F)cn2)nn1. The lowest BCUT2D eigenvalue weighted by molar-refractivity contribution is -0.137. The normalized spacial score (nSPS) is 15.3. The molecule has 0 unspecified atom stereocenters. The first kappa shape index (κ1) is 15.4. The number of rotatable bonds is 4. The third-order valence-electron chi connectivity index (χ3n) is 3.45. The van der Waals surface area contributed by atoms with Gasteiger partial charge in [0.05, 0.1) is 11.8 Å². The van der Waals surface area contributed by atoms with Crippen molar-refractivity contribution >= 4 is 5.91 Å². The largest absolute Gasteiger partial charge is 0.417 e. The number of halogens is 3. The highest BCUT2D eigenvalue weighted by Crippen LogP contribution is 2.28. The number of nitrogens with zero attached hydrogens (tertiary/aromatic N) is 4. The van der Waals surface area contributed by atoms with Crippen molar-refractivity contribution in [3.63, 3.8) is 0 Å². The lowest BCUT2D eigenvalue weighted by atomic mass is 10.0. The molecular weight excluding hydrogens is 313 g/mol. The second-order valence-corrected chi connectivity index (χ2v) is 5.19. The minimum absolute atomic E-state index is 0.0824. The van der Waals surface area contributed by atoms with E-state index in [2.05, 4.69) is 25.9 Å². The Bertz CT molecular complexity index is 692. The molecule has 122 valence electrons. The average Bonchev–Trinajstić information content (AvgIpc) is 2.94. The second kappa shape index (κ2) is 5.95. The Labute approximate surface area is 128 Å². The third-order valence-corrected chi connectivity index (χ3v) is 3.45. The summed E-state index contributed by atoms with van der Waals surface area (Å²) in [7, 11) is 0. The van der Waals surface area contributed by atoms with Gasteiger partial charge in [0.15, 0.2) is 11.5 Å². The van der Waals surface area contributed by atoms with Crippen molar-refractivity contribution in [3.05, 3.63) is 35.8 Å². The van der Waals surface area contributed by atoms with Crippen LogP contribution in [0.15, 0.2) is 24.5 Å². The van der Waals surface area contributed by atoms with Crippen molar-refractivity contribution in [2.24, 2.45) is 5.92 Å². The molecule has 0 aliphatic carbocycles. The number of amides is 1. The highest BCUT2D eigenvalue weighted by molar-refractivity contribution is 5.91. The molecule has 2 N–H and O–H groups in total. The first-order chi connectivity index (χ1) is 10.9. The average molecular weight is 326 g/mol. The molecular formula is C13H13F3N6O. The molecule has 0 bridgehead atoms. The zero-order chi connectivity index (χ0) is 16.4. The first-order valence-corrected chi connectivity index (χ1v) is 6.88. The number of alkyl halides is 3. The second-order valence-electron chi connectivity index (χ2n) is 5.19. The van der Waals surface area contributed by atoms with E-state index in [1.165, 1.54) is 12.3 Å². The van der Waals surface area contributed by atoms with Gasteiger partial charge in [-0.15, -0.1) is 5.10 Å². The van der Waals surface area contributed by atoms with E-state index >= 15 is 0 Å². The van der Waals surface area contributed by atoms with Crippen LogP contribution in [-0.4, -0.2) is 45.5 Å². The Morgan fingerprint density at radius 2 is 2.17 bits per heavy atom. The highest BCUT2D eigenvalue weighted by Gasteiger charge is 2.30. The van der Waals surface area contributed by atoms with Crippen LogP contribution >= 0.6 is 0 Å². The summed E-state index contributed by atoms with van der Waals surface area (Å²) >= 11 is 0. The zero-order valence-electron chi connectivity index (χ0n) is 11.8. The number of aromatic nitrogens is 4. The lowest BCUT2D eigenvalue weighted by Crippen LogP contribution is -2.48. The molecule has 7 nitrogen and oxygen atoms in total. The molecule has 23 heavy (non-hydrogen) atoms. The molecule has 0 radical (unpaired) electrons. The van der Waals surface area contributed by atoms with Crippen LogP contribution in [0, 0.1) is 5.92 Å². The predicted molar refractivity (Wildman–Crippen MR) is 72.8 cm³/mol. The fourth-order valence-electron chi connectivity index (χ4n) is 1.99. The van der Waals surface area contributed by atoms with E-state index in [0.717, 1.165) is 23.8 Å². The van der Waals surface area contributed by atoms with Gasteiger partial charge in [-0.1, -0.05) is 5.21 Å². The summed E-state index contributed by atoms with van der Waals surface area (Å²) < 4.78 is 38.6. The molecule has 10 heteroatoms. The van der Waals surface area contributed by atoms with E-state index in [4.69, 9.17) is 0 Å². The maximum absolute atomic E-state index is 12.5. The van der Waals surface area contributed by atoms with Crippen LogP contribution in [0.2, 0.25) is 0 Å². The molecule has 3 heterocycles. The number of pyridine rings is 1. The van der Waals surface area contributed by atoms with Crippen molar-refractivity contribution in [2.75, 3.05) is 19.6 Å². The number of carbonyl (C=O) groups is 1. The molecule has 0 saturated carbocycles. The Kier molecular flexibility index (Phi) is 3.99. The summed E-state index contributed by atoms with van der Waals surface area (Å²) in [6, 6.07) is 2.06. The lowest BCUT2D eigenvalue weighted by Gasteiger charge is -2.26. The quantitative estimate of drug-likeness (QED) is 0.861. The summed E-state index contributed by atoms with van der Waals surface area (Å²) in [4.78, 5) is 15.6. The smallest absolute Gasteiger partial charge is 0.350 e. The summed E-state index contributed by atoms with van der Waals surface area (Å²) in [5.41, 5.74) is -0.771. The van der Waals surface area contributed by atoms with Crippen LogP contribution in [0.5, 0.6) is 0 Å². The molecule has 2 aromatic heterocycles. The van der Waals surface area contributed by atoms with Crippen molar-refractivity contribution in [1.29, 1.82) is 0 Å². The van der Waals surface area contributed by atoms with Crippen LogP contribution in [0.1, 0.15) is 16.1 Å². The van der Waals surface area contributed by atoms with E-state index in [1.54, 1.807) is 0 Å².